The number of aromatic nitrogens is 1. The zero-order valence-electron chi connectivity index (χ0n) is 13.2. The first-order valence-electron chi connectivity index (χ1n) is 8.15. The Morgan fingerprint density at radius 3 is 2.71 bits per heavy atom. The number of ether oxygens (including phenoxy) is 1. The lowest BCUT2D eigenvalue weighted by atomic mass is 10.2. The Morgan fingerprint density at radius 1 is 1.17 bits per heavy atom. The highest BCUT2D eigenvalue weighted by molar-refractivity contribution is 7.22. The minimum Gasteiger partial charge on any atom is -0.376 e. The van der Waals surface area contributed by atoms with E-state index in [4.69, 9.17) is 4.74 Å². The number of benzene rings is 2. The van der Waals surface area contributed by atoms with Crippen LogP contribution in [0.1, 0.15) is 23.2 Å². The molecule has 0 spiro atoms. The van der Waals surface area contributed by atoms with Gasteiger partial charge in [0.15, 0.2) is 5.13 Å². The summed E-state index contributed by atoms with van der Waals surface area (Å²) in [5.74, 6) is -0.0230. The summed E-state index contributed by atoms with van der Waals surface area (Å²) in [6, 6.07) is 17.4. The van der Waals surface area contributed by atoms with E-state index < -0.39 is 0 Å². The number of thiazole rings is 1. The highest BCUT2D eigenvalue weighted by Crippen LogP contribution is 2.30. The highest BCUT2D eigenvalue weighted by atomic mass is 32.1. The fourth-order valence-corrected chi connectivity index (χ4v) is 3.93. The smallest absolute Gasteiger partial charge is 0.260 e. The molecule has 1 aliphatic rings. The van der Waals surface area contributed by atoms with Gasteiger partial charge in [-0.15, -0.1) is 0 Å². The Labute approximate surface area is 144 Å². The second-order valence-corrected chi connectivity index (χ2v) is 6.89. The number of anilines is 1. The second-order valence-electron chi connectivity index (χ2n) is 5.88. The largest absolute Gasteiger partial charge is 0.376 e. The third-order valence-electron chi connectivity index (χ3n) is 4.19. The SMILES string of the molecule is O=C(c1ccccc1)N(CC1CCCO1)c1nc2ccccc2s1. The van der Waals surface area contributed by atoms with Crippen molar-refractivity contribution in [2.75, 3.05) is 18.1 Å². The first kappa shape index (κ1) is 15.3. The molecule has 1 aromatic heterocycles. The molecule has 0 saturated carbocycles. The molecule has 0 aliphatic carbocycles. The lowest BCUT2D eigenvalue weighted by Gasteiger charge is -2.23. The standard InChI is InChI=1S/C19H18N2O2S/c22-18(14-7-2-1-3-8-14)21(13-15-9-6-12-23-15)19-20-16-10-4-5-11-17(16)24-19/h1-5,7-8,10-11,15H,6,9,12-13H2. The van der Waals surface area contributed by atoms with Crippen LogP contribution in [0.4, 0.5) is 5.13 Å². The van der Waals surface area contributed by atoms with Gasteiger partial charge in [-0.25, -0.2) is 4.98 Å². The fraction of sp³-hybridized carbons (Fsp3) is 0.263. The predicted molar refractivity (Wildman–Crippen MR) is 96.7 cm³/mol. The first-order valence-corrected chi connectivity index (χ1v) is 8.97. The van der Waals surface area contributed by atoms with Crippen LogP contribution < -0.4 is 4.90 Å². The molecule has 1 amide bonds. The Bertz CT molecular complexity index is 808. The van der Waals surface area contributed by atoms with Crippen molar-refractivity contribution in [3.05, 3.63) is 60.2 Å². The molecule has 4 nitrogen and oxygen atoms in total. The predicted octanol–water partition coefficient (Wildman–Crippen LogP) is 4.12. The van der Waals surface area contributed by atoms with E-state index in [-0.39, 0.29) is 12.0 Å². The highest BCUT2D eigenvalue weighted by Gasteiger charge is 2.26. The molecule has 3 aromatic rings. The van der Waals surface area contributed by atoms with E-state index in [2.05, 4.69) is 4.98 Å². The van der Waals surface area contributed by atoms with Gasteiger partial charge in [0.05, 0.1) is 22.9 Å². The van der Waals surface area contributed by atoms with E-state index in [0.717, 1.165) is 34.8 Å². The molecule has 24 heavy (non-hydrogen) atoms. The van der Waals surface area contributed by atoms with Gasteiger partial charge in [0.1, 0.15) is 0 Å². The van der Waals surface area contributed by atoms with Gasteiger partial charge in [0, 0.05) is 12.2 Å². The molecule has 1 fully saturated rings. The lowest BCUT2D eigenvalue weighted by Crippen LogP contribution is -2.37. The number of fused-ring (bicyclic) bond motifs is 1. The van der Waals surface area contributed by atoms with Crippen LogP contribution in [0.2, 0.25) is 0 Å². The molecule has 2 heterocycles. The Morgan fingerprint density at radius 2 is 1.96 bits per heavy atom. The molecule has 4 rings (SSSR count). The Balaban J connectivity index is 1.70. The van der Waals surface area contributed by atoms with E-state index in [1.165, 1.54) is 0 Å². The molecule has 1 aliphatic heterocycles. The van der Waals surface area contributed by atoms with Crippen LogP contribution in [0.3, 0.4) is 0 Å². The summed E-state index contributed by atoms with van der Waals surface area (Å²) in [6.45, 7) is 1.32. The van der Waals surface area contributed by atoms with E-state index in [9.17, 15) is 4.79 Å². The van der Waals surface area contributed by atoms with E-state index in [1.54, 1.807) is 16.2 Å². The molecule has 1 saturated heterocycles. The minimum absolute atomic E-state index is 0.0230. The number of nitrogens with zero attached hydrogens (tertiary/aromatic N) is 2. The zero-order chi connectivity index (χ0) is 16.4. The molecule has 0 bridgehead atoms. The van der Waals surface area contributed by atoms with E-state index in [0.29, 0.717) is 12.1 Å². The number of carbonyl (C=O) groups excluding carboxylic acids is 1. The van der Waals surface area contributed by atoms with Gasteiger partial charge in [0.2, 0.25) is 0 Å². The van der Waals surface area contributed by atoms with Crippen molar-refractivity contribution in [1.82, 2.24) is 4.98 Å². The number of para-hydroxylation sites is 1. The Kier molecular flexibility index (Phi) is 4.28. The molecule has 122 valence electrons. The molecular formula is C19H18N2O2S. The van der Waals surface area contributed by atoms with Crippen LogP contribution >= 0.6 is 11.3 Å². The summed E-state index contributed by atoms with van der Waals surface area (Å²) in [5.41, 5.74) is 1.60. The van der Waals surface area contributed by atoms with Crippen molar-refractivity contribution in [2.24, 2.45) is 0 Å². The third kappa shape index (κ3) is 3.05. The van der Waals surface area contributed by atoms with Gasteiger partial charge < -0.3 is 4.74 Å². The van der Waals surface area contributed by atoms with Crippen molar-refractivity contribution in [3.8, 4) is 0 Å². The summed E-state index contributed by atoms with van der Waals surface area (Å²) in [7, 11) is 0. The van der Waals surface area contributed by atoms with Crippen LogP contribution in [0.25, 0.3) is 10.2 Å². The first-order chi connectivity index (χ1) is 11.8. The monoisotopic (exact) mass is 338 g/mol. The maximum Gasteiger partial charge on any atom is 0.260 e. The minimum atomic E-state index is -0.0230. The molecular weight excluding hydrogens is 320 g/mol. The maximum atomic E-state index is 13.0. The summed E-state index contributed by atoms with van der Waals surface area (Å²) < 4.78 is 6.84. The molecule has 5 heteroatoms. The van der Waals surface area contributed by atoms with Crippen molar-refractivity contribution in [3.63, 3.8) is 0 Å². The van der Waals surface area contributed by atoms with Crippen molar-refractivity contribution >= 4 is 32.6 Å². The van der Waals surface area contributed by atoms with Crippen molar-refractivity contribution in [2.45, 2.75) is 18.9 Å². The van der Waals surface area contributed by atoms with Crippen LogP contribution in [0, 0.1) is 0 Å². The van der Waals surface area contributed by atoms with Crippen molar-refractivity contribution in [1.29, 1.82) is 0 Å². The van der Waals surface area contributed by atoms with Crippen molar-refractivity contribution < 1.29 is 9.53 Å². The van der Waals surface area contributed by atoms with Gasteiger partial charge in [-0.2, -0.15) is 0 Å². The van der Waals surface area contributed by atoms with Crippen LogP contribution in [0.15, 0.2) is 54.6 Å². The quantitative estimate of drug-likeness (QED) is 0.718. The number of amides is 1. The van der Waals surface area contributed by atoms with Gasteiger partial charge in [-0.3, -0.25) is 9.69 Å². The van der Waals surface area contributed by atoms with Gasteiger partial charge in [-0.05, 0) is 37.1 Å². The second kappa shape index (κ2) is 6.71. The summed E-state index contributed by atoms with van der Waals surface area (Å²) in [6.07, 6.45) is 2.13. The fourth-order valence-electron chi connectivity index (χ4n) is 2.95. The van der Waals surface area contributed by atoms with Gasteiger partial charge in [0.25, 0.3) is 5.91 Å². The van der Waals surface area contributed by atoms with Crippen LogP contribution in [0.5, 0.6) is 0 Å². The van der Waals surface area contributed by atoms with Gasteiger partial charge >= 0.3 is 0 Å². The van der Waals surface area contributed by atoms with E-state index >= 15 is 0 Å². The summed E-state index contributed by atoms with van der Waals surface area (Å²) in [5, 5.41) is 0.737. The zero-order valence-corrected chi connectivity index (χ0v) is 14.0. The van der Waals surface area contributed by atoms with E-state index in [1.807, 2.05) is 54.6 Å². The maximum absolute atomic E-state index is 13.0. The number of rotatable bonds is 4. The number of carbonyl (C=O) groups is 1. The lowest BCUT2D eigenvalue weighted by molar-refractivity contribution is 0.0917. The van der Waals surface area contributed by atoms with Crippen LogP contribution in [-0.2, 0) is 4.74 Å². The van der Waals surface area contributed by atoms with Crippen LogP contribution in [-0.4, -0.2) is 30.1 Å². The summed E-state index contributed by atoms with van der Waals surface area (Å²) in [4.78, 5) is 19.5. The average Bonchev–Trinajstić information content (AvgIpc) is 3.29. The normalized spacial score (nSPS) is 17.2. The molecule has 0 radical (unpaired) electrons. The average molecular weight is 338 g/mol. The topological polar surface area (TPSA) is 42.4 Å². The summed E-state index contributed by atoms with van der Waals surface area (Å²) >= 11 is 1.55. The molecule has 2 aromatic carbocycles. The molecule has 0 N–H and O–H groups in total. The molecule has 1 atom stereocenters. The number of hydrogen-bond donors (Lipinski definition) is 0. The third-order valence-corrected chi connectivity index (χ3v) is 5.25. The number of hydrogen-bond acceptors (Lipinski definition) is 4. The Hall–Kier alpha value is -2.24. The molecule has 1 unspecified atom stereocenters. The van der Waals surface area contributed by atoms with Gasteiger partial charge in [-0.1, -0.05) is 41.7 Å².